The average Bonchev–Trinajstić information content (AvgIpc) is 3.68. The molecule has 9 heteroatoms. The van der Waals surface area contributed by atoms with E-state index in [0.29, 0.717) is 5.56 Å². The third kappa shape index (κ3) is 9.86. The number of carbonyl (C=O) groups is 1. The topological polar surface area (TPSA) is 101 Å². The van der Waals surface area contributed by atoms with Crippen LogP contribution in [0.4, 0.5) is 0 Å². The number of ether oxygens (including phenoxy) is 3. The minimum atomic E-state index is -0.576. The molecule has 1 saturated carbocycles. The standard InChI is InChI=1S/C27H26N2O2.C26H24N2O3/c1-19(2)31-24-12-10-23(11-13-24)29-18-28-25-17-21(7-14-26(25)29)4-3-20-5-8-22(9-6-20)27(30)15-16-27;1-18(2)31-23-13-11-22(12-14-23)28-17-27-24-16-20(8-15-25(24)28)5-4-19-6-9-21(10-7-19)26(29)30-3/h3-14,17-19,30H,15-16H2,1-2H3;4-18H,1-3H3/b4-3-;5-4-. The molecule has 1 aliphatic carbocycles. The van der Waals surface area contributed by atoms with Gasteiger partial charge in [0.15, 0.2) is 0 Å². The van der Waals surface area contributed by atoms with Gasteiger partial charge in [-0.3, -0.25) is 9.13 Å². The van der Waals surface area contributed by atoms with Gasteiger partial charge in [-0.25, -0.2) is 14.8 Å². The number of rotatable bonds is 12. The molecule has 312 valence electrons. The lowest BCUT2D eigenvalue weighted by atomic mass is 10.0. The molecule has 2 heterocycles. The molecule has 2 aromatic heterocycles. The molecule has 0 saturated heterocycles. The van der Waals surface area contributed by atoms with E-state index in [0.717, 1.165) is 85.6 Å². The van der Waals surface area contributed by atoms with E-state index in [1.165, 1.54) is 7.11 Å². The minimum Gasteiger partial charge on any atom is -0.491 e. The van der Waals surface area contributed by atoms with Gasteiger partial charge in [0.25, 0.3) is 0 Å². The van der Waals surface area contributed by atoms with Gasteiger partial charge in [0.2, 0.25) is 0 Å². The maximum atomic E-state index is 11.5. The number of benzene rings is 6. The van der Waals surface area contributed by atoms with Crippen molar-refractivity contribution in [1.82, 2.24) is 19.1 Å². The Balaban J connectivity index is 0.000000171. The van der Waals surface area contributed by atoms with Crippen molar-refractivity contribution in [3.8, 4) is 22.9 Å². The van der Waals surface area contributed by atoms with Gasteiger partial charge in [-0.2, -0.15) is 0 Å². The van der Waals surface area contributed by atoms with Crippen LogP contribution >= 0.6 is 0 Å². The van der Waals surface area contributed by atoms with Gasteiger partial charge < -0.3 is 19.3 Å². The molecule has 0 bridgehead atoms. The highest BCUT2D eigenvalue weighted by Gasteiger charge is 2.41. The first kappa shape index (κ1) is 41.5. The molecule has 1 N–H and O–H groups in total. The van der Waals surface area contributed by atoms with Crippen LogP contribution in [0.3, 0.4) is 0 Å². The van der Waals surface area contributed by atoms with Crippen molar-refractivity contribution in [2.24, 2.45) is 0 Å². The highest BCUT2D eigenvalue weighted by Crippen LogP contribution is 2.45. The Morgan fingerprint density at radius 2 is 0.984 bits per heavy atom. The van der Waals surface area contributed by atoms with Crippen LogP contribution < -0.4 is 9.47 Å². The van der Waals surface area contributed by atoms with Crippen LogP contribution in [0.2, 0.25) is 0 Å². The van der Waals surface area contributed by atoms with E-state index >= 15 is 0 Å². The predicted octanol–water partition coefficient (Wildman–Crippen LogP) is 11.7. The summed E-state index contributed by atoms with van der Waals surface area (Å²) >= 11 is 0. The summed E-state index contributed by atoms with van der Waals surface area (Å²) < 4.78 is 20.3. The van der Waals surface area contributed by atoms with Crippen molar-refractivity contribution in [3.05, 3.63) is 179 Å². The highest BCUT2D eigenvalue weighted by molar-refractivity contribution is 5.90. The molecule has 0 amide bonds. The number of methoxy groups -OCH3 is 1. The van der Waals surface area contributed by atoms with E-state index < -0.39 is 5.60 Å². The fourth-order valence-electron chi connectivity index (χ4n) is 7.14. The van der Waals surface area contributed by atoms with Crippen LogP contribution in [0.5, 0.6) is 11.5 Å². The zero-order chi connectivity index (χ0) is 43.2. The second-order valence-electron chi connectivity index (χ2n) is 16.0. The minimum absolute atomic E-state index is 0.150. The Bertz CT molecular complexity index is 2850. The Kier molecular flexibility index (Phi) is 12.2. The zero-order valence-electron chi connectivity index (χ0n) is 35.6. The van der Waals surface area contributed by atoms with Gasteiger partial charge in [-0.05, 0) is 153 Å². The Morgan fingerprint density at radius 1 is 0.581 bits per heavy atom. The summed E-state index contributed by atoms with van der Waals surface area (Å²) in [6.07, 6.45) is 14.0. The number of esters is 1. The molecule has 1 aliphatic rings. The SMILES string of the molecule is CC(C)Oc1ccc(-n2cnc3cc(/C=C\c4ccc(C5(O)CC5)cc4)ccc32)cc1.COC(=O)c1ccc(/C=C\c2ccc3c(c2)ncn3-c2ccc(OC(C)C)cc2)cc1. The Morgan fingerprint density at radius 3 is 1.39 bits per heavy atom. The second kappa shape index (κ2) is 18.2. The maximum Gasteiger partial charge on any atom is 0.337 e. The number of hydrogen-bond donors (Lipinski definition) is 1. The summed E-state index contributed by atoms with van der Waals surface area (Å²) in [7, 11) is 1.38. The van der Waals surface area contributed by atoms with Crippen molar-refractivity contribution in [2.75, 3.05) is 7.11 Å². The summed E-state index contributed by atoms with van der Waals surface area (Å²) in [5, 5.41) is 10.2. The van der Waals surface area contributed by atoms with Crippen molar-refractivity contribution >= 4 is 52.3 Å². The molecule has 62 heavy (non-hydrogen) atoms. The molecule has 0 aliphatic heterocycles. The van der Waals surface area contributed by atoms with Crippen LogP contribution in [0, 0.1) is 0 Å². The number of carbonyl (C=O) groups excluding carboxylic acids is 1. The van der Waals surface area contributed by atoms with Gasteiger partial charge in [0, 0.05) is 11.4 Å². The molecule has 0 spiro atoms. The second-order valence-corrected chi connectivity index (χ2v) is 16.0. The summed E-state index contributed by atoms with van der Waals surface area (Å²) in [6.45, 7) is 8.08. The number of fused-ring (bicyclic) bond motifs is 2. The van der Waals surface area contributed by atoms with E-state index in [-0.39, 0.29) is 18.2 Å². The van der Waals surface area contributed by atoms with Gasteiger partial charge in [-0.15, -0.1) is 0 Å². The number of nitrogens with zero attached hydrogens (tertiary/aromatic N) is 4. The molecular formula is C53H50N4O5. The van der Waals surface area contributed by atoms with Crippen molar-refractivity contribution in [3.63, 3.8) is 0 Å². The zero-order valence-corrected chi connectivity index (χ0v) is 35.6. The molecule has 0 atom stereocenters. The number of aliphatic hydroxyl groups is 1. The lowest BCUT2D eigenvalue weighted by Gasteiger charge is -2.10. The molecular weight excluding hydrogens is 773 g/mol. The Labute approximate surface area is 362 Å². The first-order valence-electron chi connectivity index (χ1n) is 20.9. The molecule has 6 aromatic carbocycles. The lowest BCUT2D eigenvalue weighted by Crippen LogP contribution is -2.05. The molecule has 0 unspecified atom stereocenters. The normalized spacial score (nSPS) is 13.2. The van der Waals surface area contributed by atoms with Crippen LogP contribution in [-0.4, -0.2) is 49.5 Å². The average molecular weight is 823 g/mol. The first-order chi connectivity index (χ1) is 30.0. The van der Waals surface area contributed by atoms with Gasteiger partial charge in [0.05, 0.1) is 52.5 Å². The van der Waals surface area contributed by atoms with Gasteiger partial charge in [-0.1, -0.05) is 72.8 Å². The van der Waals surface area contributed by atoms with Crippen molar-refractivity contribution < 1.29 is 24.1 Å². The fourth-order valence-corrected chi connectivity index (χ4v) is 7.14. The van der Waals surface area contributed by atoms with E-state index in [4.69, 9.17) is 14.2 Å². The van der Waals surface area contributed by atoms with Gasteiger partial charge >= 0.3 is 5.97 Å². The molecule has 1 fully saturated rings. The van der Waals surface area contributed by atoms with E-state index in [2.05, 4.69) is 91.9 Å². The monoisotopic (exact) mass is 822 g/mol. The maximum absolute atomic E-state index is 11.5. The van der Waals surface area contributed by atoms with E-state index in [9.17, 15) is 9.90 Å². The summed E-state index contributed by atoms with van der Waals surface area (Å²) in [5.74, 6) is 1.39. The van der Waals surface area contributed by atoms with Crippen LogP contribution in [-0.2, 0) is 10.3 Å². The summed E-state index contributed by atoms with van der Waals surface area (Å²) in [5.41, 5.74) is 11.3. The predicted molar refractivity (Wildman–Crippen MR) is 249 cm³/mol. The molecule has 8 aromatic rings. The van der Waals surface area contributed by atoms with Crippen molar-refractivity contribution in [2.45, 2.75) is 58.3 Å². The number of imidazole rings is 2. The van der Waals surface area contributed by atoms with E-state index in [1.807, 2.05) is 113 Å². The van der Waals surface area contributed by atoms with Crippen LogP contribution in [0.25, 0.3) is 57.7 Å². The quantitative estimate of drug-likeness (QED) is 0.0967. The summed E-state index contributed by atoms with van der Waals surface area (Å²) in [4.78, 5) is 20.7. The number of hydrogen-bond acceptors (Lipinski definition) is 7. The number of aromatic nitrogens is 4. The van der Waals surface area contributed by atoms with E-state index in [1.54, 1.807) is 12.1 Å². The lowest BCUT2D eigenvalue weighted by molar-refractivity contribution is 0.0600. The third-order valence-electron chi connectivity index (χ3n) is 10.6. The largest absolute Gasteiger partial charge is 0.491 e. The fraction of sp³-hybridized carbons (Fsp3) is 0.189. The summed E-state index contributed by atoms with van der Waals surface area (Å²) in [6, 6.07) is 44.1. The van der Waals surface area contributed by atoms with Crippen molar-refractivity contribution in [1.29, 1.82) is 0 Å². The van der Waals surface area contributed by atoms with Gasteiger partial charge in [0.1, 0.15) is 24.2 Å². The molecule has 9 rings (SSSR count). The smallest absolute Gasteiger partial charge is 0.337 e. The highest BCUT2D eigenvalue weighted by atomic mass is 16.5. The van der Waals surface area contributed by atoms with Crippen LogP contribution in [0.15, 0.2) is 146 Å². The molecule has 9 nitrogen and oxygen atoms in total. The third-order valence-corrected chi connectivity index (χ3v) is 10.6. The molecule has 0 radical (unpaired) electrons. The Hall–Kier alpha value is -7.23. The van der Waals surface area contributed by atoms with Crippen LogP contribution in [0.1, 0.15) is 78.7 Å². The first-order valence-corrected chi connectivity index (χ1v) is 20.9.